The Kier molecular flexibility index (Phi) is 5.24. The van der Waals surface area contributed by atoms with Crippen LogP contribution in [0.15, 0.2) is 89.7 Å². The van der Waals surface area contributed by atoms with E-state index in [2.05, 4.69) is 15.5 Å². The molecule has 162 valence electrons. The van der Waals surface area contributed by atoms with Crippen LogP contribution in [0.4, 0.5) is 5.69 Å². The lowest BCUT2D eigenvalue weighted by Crippen LogP contribution is -2.48. The molecule has 0 aliphatic carbocycles. The van der Waals surface area contributed by atoms with Crippen molar-refractivity contribution in [2.75, 3.05) is 5.32 Å². The van der Waals surface area contributed by atoms with Gasteiger partial charge in [-0.15, -0.1) is 10.2 Å². The van der Waals surface area contributed by atoms with Gasteiger partial charge in [-0.1, -0.05) is 48.5 Å². The van der Waals surface area contributed by atoms with Crippen LogP contribution in [0.3, 0.4) is 0 Å². The first-order valence-corrected chi connectivity index (χ1v) is 10.3. The quantitative estimate of drug-likeness (QED) is 0.461. The third-order valence-electron chi connectivity index (χ3n) is 5.45. The maximum absolute atomic E-state index is 13.4. The molecule has 0 fully saturated rings. The lowest BCUT2D eigenvalue weighted by atomic mass is 10.0. The van der Waals surface area contributed by atoms with E-state index in [1.807, 2.05) is 30.3 Å². The predicted molar refractivity (Wildman–Crippen MR) is 119 cm³/mol. The van der Waals surface area contributed by atoms with Crippen molar-refractivity contribution < 1.29 is 18.8 Å². The molecule has 3 amide bonds. The van der Waals surface area contributed by atoms with Crippen LogP contribution in [0.1, 0.15) is 26.3 Å². The number of aromatic nitrogens is 2. The van der Waals surface area contributed by atoms with E-state index in [0.717, 1.165) is 10.5 Å². The number of imide groups is 1. The summed E-state index contributed by atoms with van der Waals surface area (Å²) in [7, 11) is 0. The lowest BCUT2D eigenvalue weighted by Gasteiger charge is -2.25. The van der Waals surface area contributed by atoms with Gasteiger partial charge in [-0.2, -0.15) is 0 Å². The van der Waals surface area contributed by atoms with Gasteiger partial charge in [-0.3, -0.25) is 19.3 Å². The van der Waals surface area contributed by atoms with Gasteiger partial charge < -0.3 is 9.73 Å². The van der Waals surface area contributed by atoms with Crippen molar-refractivity contribution in [3.05, 3.63) is 102 Å². The summed E-state index contributed by atoms with van der Waals surface area (Å²) in [6, 6.07) is 21.7. The second kappa shape index (κ2) is 8.51. The zero-order chi connectivity index (χ0) is 22.8. The normalized spacial score (nSPS) is 13.6. The number of hydrogen-bond acceptors (Lipinski definition) is 6. The lowest BCUT2D eigenvalue weighted by molar-refractivity contribution is -0.119. The number of amides is 3. The molecule has 4 aromatic rings. The molecule has 1 N–H and O–H groups in total. The van der Waals surface area contributed by atoms with E-state index in [1.54, 1.807) is 48.5 Å². The zero-order valence-electron chi connectivity index (χ0n) is 17.3. The highest BCUT2D eigenvalue weighted by atomic mass is 16.4. The molecule has 8 nitrogen and oxygen atoms in total. The van der Waals surface area contributed by atoms with Gasteiger partial charge >= 0.3 is 0 Å². The zero-order valence-corrected chi connectivity index (χ0v) is 17.3. The highest BCUT2D eigenvalue weighted by Crippen LogP contribution is 2.27. The Morgan fingerprint density at radius 3 is 2.27 bits per heavy atom. The predicted octanol–water partition coefficient (Wildman–Crippen LogP) is 3.58. The maximum atomic E-state index is 13.4. The molecule has 1 aliphatic rings. The topological polar surface area (TPSA) is 105 Å². The summed E-state index contributed by atoms with van der Waals surface area (Å²) in [5, 5.41) is 10.4. The fourth-order valence-corrected chi connectivity index (χ4v) is 3.88. The Morgan fingerprint density at radius 1 is 0.909 bits per heavy atom. The molecule has 1 aliphatic heterocycles. The van der Waals surface area contributed by atoms with Crippen LogP contribution < -0.4 is 5.32 Å². The van der Waals surface area contributed by atoms with Crippen LogP contribution in [-0.2, 0) is 11.2 Å². The monoisotopic (exact) mass is 438 g/mol. The number of nitrogens with zero attached hydrogens (tertiary/aromatic N) is 3. The molecule has 2 heterocycles. The molecule has 0 saturated carbocycles. The van der Waals surface area contributed by atoms with Gasteiger partial charge in [0, 0.05) is 17.7 Å². The standard InChI is InChI=1S/C25H18N4O4/c30-22(27-18-10-6-9-17(14-18)23-28-26-15-33-23)21(13-16-7-2-1-3-8-16)29-24(31)19-11-4-5-12-20(19)25(29)32/h1-12,14-15,21H,13H2,(H,27,30)/t21-/m0/s1. The summed E-state index contributed by atoms with van der Waals surface area (Å²) in [6.45, 7) is 0. The Morgan fingerprint density at radius 2 is 1.61 bits per heavy atom. The fraction of sp³-hybridized carbons (Fsp3) is 0.0800. The molecule has 0 radical (unpaired) electrons. The SMILES string of the molecule is O=C(Nc1cccc(-c2nnco2)c1)[C@H](Cc1ccccc1)N1C(=O)c2ccccc2C1=O. The molecule has 0 saturated heterocycles. The summed E-state index contributed by atoms with van der Waals surface area (Å²) in [4.78, 5) is 40.7. The molecule has 33 heavy (non-hydrogen) atoms. The van der Waals surface area contributed by atoms with E-state index in [1.165, 1.54) is 6.39 Å². The summed E-state index contributed by atoms with van der Waals surface area (Å²) in [5.74, 6) is -1.12. The van der Waals surface area contributed by atoms with Gasteiger partial charge in [0.05, 0.1) is 11.1 Å². The van der Waals surface area contributed by atoms with Crippen molar-refractivity contribution in [3.63, 3.8) is 0 Å². The molecule has 8 heteroatoms. The van der Waals surface area contributed by atoms with Crippen molar-refractivity contribution >= 4 is 23.4 Å². The maximum Gasteiger partial charge on any atom is 0.262 e. The van der Waals surface area contributed by atoms with Gasteiger partial charge in [0.2, 0.25) is 18.2 Å². The van der Waals surface area contributed by atoms with Crippen molar-refractivity contribution in [1.82, 2.24) is 15.1 Å². The Balaban J connectivity index is 1.46. The first-order valence-electron chi connectivity index (χ1n) is 10.3. The molecule has 3 aromatic carbocycles. The number of rotatable bonds is 6. The number of fused-ring (bicyclic) bond motifs is 1. The van der Waals surface area contributed by atoms with Crippen LogP contribution in [0, 0.1) is 0 Å². The Hall–Kier alpha value is -4.59. The minimum Gasteiger partial charge on any atom is -0.423 e. The Labute approximate surface area is 188 Å². The van der Waals surface area contributed by atoms with Crippen LogP contribution in [0.2, 0.25) is 0 Å². The van der Waals surface area contributed by atoms with Gasteiger partial charge in [0.25, 0.3) is 11.8 Å². The van der Waals surface area contributed by atoms with Gasteiger partial charge in [0.15, 0.2) is 0 Å². The molecular weight excluding hydrogens is 420 g/mol. The van der Waals surface area contributed by atoms with Crippen LogP contribution >= 0.6 is 0 Å². The van der Waals surface area contributed by atoms with Crippen molar-refractivity contribution in [1.29, 1.82) is 0 Å². The van der Waals surface area contributed by atoms with E-state index in [4.69, 9.17) is 4.42 Å². The van der Waals surface area contributed by atoms with Gasteiger partial charge in [0.1, 0.15) is 6.04 Å². The number of nitrogens with one attached hydrogen (secondary N) is 1. The summed E-state index contributed by atoms with van der Waals surface area (Å²) in [6.07, 6.45) is 1.40. The molecule has 0 unspecified atom stereocenters. The van der Waals surface area contributed by atoms with E-state index >= 15 is 0 Å². The van der Waals surface area contributed by atoms with E-state index < -0.39 is 23.8 Å². The number of carbonyl (C=O) groups is 3. The molecule has 5 rings (SSSR count). The largest absolute Gasteiger partial charge is 0.423 e. The second-order valence-electron chi connectivity index (χ2n) is 7.55. The number of hydrogen-bond donors (Lipinski definition) is 1. The fourth-order valence-electron chi connectivity index (χ4n) is 3.88. The molecular formula is C25H18N4O4. The van der Waals surface area contributed by atoms with E-state index in [9.17, 15) is 14.4 Å². The average Bonchev–Trinajstić information content (AvgIpc) is 3.47. The van der Waals surface area contributed by atoms with Crippen LogP contribution in [0.25, 0.3) is 11.5 Å². The number of benzene rings is 3. The summed E-state index contributed by atoms with van der Waals surface area (Å²) < 4.78 is 5.22. The molecule has 1 atom stereocenters. The van der Waals surface area contributed by atoms with Gasteiger partial charge in [-0.05, 0) is 35.9 Å². The smallest absolute Gasteiger partial charge is 0.262 e. The number of anilines is 1. The second-order valence-corrected chi connectivity index (χ2v) is 7.55. The van der Waals surface area contributed by atoms with E-state index in [0.29, 0.717) is 28.3 Å². The molecule has 1 aromatic heterocycles. The average molecular weight is 438 g/mol. The summed E-state index contributed by atoms with van der Waals surface area (Å²) in [5.41, 5.74) is 2.53. The first kappa shape index (κ1) is 20.3. The van der Waals surface area contributed by atoms with Crippen molar-refractivity contribution in [2.24, 2.45) is 0 Å². The first-order chi connectivity index (χ1) is 16.1. The molecule has 0 bridgehead atoms. The molecule has 0 spiro atoms. The Bertz CT molecular complexity index is 1300. The third-order valence-corrected chi connectivity index (χ3v) is 5.45. The highest BCUT2D eigenvalue weighted by Gasteiger charge is 2.42. The van der Waals surface area contributed by atoms with Crippen LogP contribution in [-0.4, -0.2) is 38.9 Å². The third kappa shape index (κ3) is 3.89. The van der Waals surface area contributed by atoms with Crippen LogP contribution in [0.5, 0.6) is 0 Å². The van der Waals surface area contributed by atoms with Gasteiger partial charge in [-0.25, -0.2) is 0 Å². The number of carbonyl (C=O) groups excluding carboxylic acids is 3. The highest BCUT2D eigenvalue weighted by molar-refractivity contribution is 6.23. The van der Waals surface area contributed by atoms with E-state index in [-0.39, 0.29) is 6.42 Å². The van der Waals surface area contributed by atoms with Crippen molar-refractivity contribution in [2.45, 2.75) is 12.5 Å². The summed E-state index contributed by atoms with van der Waals surface area (Å²) >= 11 is 0. The minimum absolute atomic E-state index is 0.182. The minimum atomic E-state index is -1.04. The van der Waals surface area contributed by atoms with Crippen molar-refractivity contribution in [3.8, 4) is 11.5 Å².